The third kappa shape index (κ3) is 3.72. The van der Waals surface area contributed by atoms with Crippen molar-refractivity contribution >= 4 is 22.8 Å². The average molecular weight is 368 g/mol. The molecule has 1 aromatic heterocycles. The van der Waals surface area contributed by atoms with Crippen molar-refractivity contribution < 1.29 is 23.8 Å². The van der Waals surface area contributed by atoms with E-state index in [1.165, 1.54) is 24.4 Å². The number of aromatic hydroxyl groups is 1. The molecular formula is C20H17FN2O4. The minimum Gasteiger partial charge on any atom is -0.505 e. The molecule has 138 valence electrons. The van der Waals surface area contributed by atoms with Gasteiger partial charge in [-0.3, -0.25) is 9.78 Å². The molecule has 7 heteroatoms. The van der Waals surface area contributed by atoms with Gasteiger partial charge < -0.3 is 15.6 Å². The molecular weight excluding hydrogens is 351 g/mol. The van der Waals surface area contributed by atoms with Gasteiger partial charge in [-0.2, -0.15) is 0 Å². The Bertz CT molecular complexity index is 1030. The number of pyridine rings is 1. The number of carbonyl (C=O) groups excluding carboxylic acids is 2. The van der Waals surface area contributed by atoms with Crippen LogP contribution in [0.2, 0.25) is 0 Å². The van der Waals surface area contributed by atoms with Crippen molar-refractivity contribution in [1.29, 1.82) is 0 Å². The molecule has 0 bridgehead atoms. The van der Waals surface area contributed by atoms with Crippen LogP contribution in [0.3, 0.4) is 0 Å². The molecule has 0 atom stereocenters. The third-order valence-electron chi connectivity index (χ3n) is 4.08. The molecule has 2 aromatic carbocycles. The molecule has 1 heterocycles. The standard InChI is InChI=1S/C20H17FN2O4/c1-2-27-20(26)16-9-15(19(22)25)14-8-12(10-23-17(14)18(16)24)7-11-3-5-13(21)6-4-11/h3-6,8-10,24H,2,7H2,1H3,(H2,22,25). The van der Waals surface area contributed by atoms with Gasteiger partial charge in [0.1, 0.15) is 16.9 Å². The van der Waals surface area contributed by atoms with E-state index in [0.29, 0.717) is 11.8 Å². The number of nitrogens with zero attached hydrogens (tertiary/aromatic N) is 1. The number of halogens is 1. The van der Waals surface area contributed by atoms with E-state index in [4.69, 9.17) is 10.5 Å². The third-order valence-corrected chi connectivity index (χ3v) is 4.08. The van der Waals surface area contributed by atoms with Crippen LogP contribution < -0.4 is 5.73 Å². The number of aromatic nitrogens is 1. The summed E-state index contributed by atoms with van der Waals surface area (Å²) in [6.45, 7) is 1.75. The van der Waals surface area contributed by atoms with E-state index in [1.807, 2.05) is 0 Å². The average Bonchev–Trinajstić information content (AvgIpc) is 2.64. The molecule has 1 amide bonds. The summed E-state index contributed by atoms with van der Waals surface area (Å²) in [6.07, 6.45) is 1.97. The van der Waals surface area contributed by atoms with Gasteiger partial charge in [0.2, 0.25) is 5.91 Å². The fourth-order valence-corrected chi connectivity index (χ4v) is 2.82. The van der Waals surface area contributed by atoms with E-state index in [-0.39, 0.29) is 34.8 Å². The summed E-state index contributed by atoms with van der Waals surface area (Å²) in [5, 5.41) is 10.7. The Morgan fingerprint density at radius 3 is 2.48 bits per heavy atom. The largest absolute Gasteiger partial charge is 0.505 e. The predicted octanol–water partition coefficient (Wildman–Crippen LogP) is 2.95. The SMILES string of the molecule is CCOC(=O)c1cc(C(N)=O)c2cc(Cc3ccc(F)cc3)cnc2c1O. The molecule has 0 fully saturated rings. The molecule has 0 spiro atoms. The summed E-state index contributed by atoms with van der Waals surface area (Å²) in [6, 6.07) is 8.89. The number of benzene rings is 2. The Labute approximate surface area is 154 Å². The number of hydrogen-bond acceptors (Lipinski definition) is 5. The van der Waals surface area contributed by atoms with Gasteiger partial charge in [0, 0.05) is 17.1 Å². The number of nitrogens with two attached hydrogens (primary N) is 1. The molecule has 0 aliphatic rings. The number of fused-ring (bicyclic) bond motifs is 1. The minimum atomic E-state index is -0.767. The number of hydrogen-bond donors (Lipinski definition) is 2. The van der Waals surface area contributed by atoms with Crippen LogP contribution in [0.15, 0.2) is 42.6 Å². The summed E-state index contributed by atoms with van der Waals surface area (Å²) in [7, 11) is 0. The number of ether oxygens (including phenoxy) is 1. The highest BCUT2D eigenvalue weighted by Crippen LogP contribution is 2.31. The fourth-order valence-electron chi connectivity index (χ4n) is 2.82. The van der Waals surface area contributed by atoms with Crippen molar-refractivity contribution in [1.82, 2.24) is 4.98 Å². The first-order chi connectivity index (χ1) is 12.9. The summed E-state index contributed by atoms with van der Waals surface area (Å²) in [4.78, 5) is 28.1. The maximum Gasteiger partial charge on any atom is 0.342 e. The van der Waals surface area contributed by atoms with Crippen LogP contribution in [0.5, 0.6) is 5.75 Å². The molecule has 3 aromatic rings. The van der Waals surface area contributed by atoms with Gasteiger partial charge in [0.05, 0.1) is 6.61 Å². The lowest BCUT2D eigenvalue weighted by atomic mass is 9.99. The van der Waals surface area contributed by atoms with Gasteiger partial charge in [0.25, 0.3) is 0 Å². The van der Waals surface area contributed by atoms with Crippen LogP contribution in [0, 0.1) is 5.82 Å². The van der Waals surface area contributed by atoms with Crippen molar-refractivity contribution in [3.8, 4) is 5.75 Å². The van der Waals surface area contributed by atoms with Crippen LogP contribution in [0.1, 0.15) is 38.8 Å². The van der Waals surface area contributed by atoms with E-state index in [2.05, 4.69) is 4.98 Å². The van der Waals surface area contributed by atoms with E-state index in [1.54, 1.807) is 25.1 Å². The molecule has 3 rings (SSSR count). The van der Waals surface area contributed by atoms with Crippen LogP contribution in [0.25, 0.3) is 10.9 Å². The number of carbonyl (C=O) groups is 2. The first kappa shape index (κ1) is 18.3. The van der Waals surface area contributed by atoms with Crippen LogP contribution in [-0.2, 0) is 11.2 Å². The lowest BCUT2D eigenvalue weighted by Gasteiger charge is -2.11. The summed E-state index contributed by atoms with van der Waals surface area (Å²) in [5.41, 5.74) is 7.00. The molecule has 0 aliphatic heterocycles. The monoisotopic (exact) mass is 368 g/mol. The number of phenolic OH excluding ortho intramolecular Hbond substituents is 1. The molecule has 0 radical (unpaired) electrons. The minimum absolute atomic E-state index is 0.0549. The van der Waals surface area contributed by atoms with Crippen molar-refractivity contribution in [2.24, 2.45) is 5.73 Å². The number of phenols is 1. The zero-order valence-corrected chi connectivity index (χ0v) is 14.5. The molecule has 0 saturated heterocycles. The molecule has 3 N–H and O–H groups in total. The fraction of sp³-hybridized carbons (Fsp3) is 0.150. The van der Waals surface area contributed by atoms with Crippen LogP contribution >= 0.6 is 0 Å². The molecule has 0 saturated carbocycles. The highest BCUT2D eigenvalue weighted by Gasteiger charge is 2.21. The Morgan fingerprint density at radius 2 is 1.85 bits per heavy atom. The van der Waals surface area contributed by atoms with Crippen LogP contribution in [-0.4, -0.2) is 28.6 Å². The second-order valence-corrected chi connectivity index (χ2v) is 5.95. The Kier molecular flexibility index (Phi) is 5.03. The maximum atomic E-state index is 13.0. The Hall–Kier alpha value is -3.48. The molecule has 27 heavy (non-hydrogen) atoms. The van der Waals surface area contributed by atoms with E-state index >= 15 is 0 Å². The smallest absolute Gasteiger partial charge is 0.342 e. The number of amides is 1. The number of esters is 1. The maximum absolute atomic E-state index is 13.0. The Balaban J connectivity index is 2.11. The molecule has 0 aliphatic carbocycles. The van der Waals surface area contributed by atoms with E-state index in [9.17, 15) is 19.1 Å². The van der Waals surface area contributed by atoms with Gasteiger partial charge >= 0.3 is 5.97 Å². The highest BCUT2D eigenvalue weighted by molar-refractivity contribution is 6.11. The number of rotatable bonds is 5. The first-order valence-electron chi connectivity index (χ1n) is 8.26. The van der Waals surface area contributed by atoms with Gasteiger partial charge in [-0.25, -0.2) is 9.18 Å². The summed E-state index contributed by atoms with van der Waals surface area (Å²) in [5.74, 6) is -2.23. The lowest BCUT2D eigenvalue weighted by Crippen LogP contribution is -2.14. The second kappa shape index (κ2) is 7.41. The van der Waals surface area contributed by atoms with Gasteiger partial charge in [0.15, 0.2) is 5.75 Å². The van der Waals surface area contributed by atoms with E-state index in [0.717, 1.165) is 11.1 Å². The van der Waals surface area contributed by atoms with Gasteiger partial charge in [-0.1, -0.05) is 12.1 Å². The first-order valence-corrected chi connectivity index (χ1v) is 8.26. The summed E-state index contributed by atoms with van der Waals surface area (Å²) < 4.78 is 17.9. The molecule has 0 unspecified atom stereocenters. The summed E-state index contributed by atoms with van der Waals surface area (Å²) >= 11 is 0. The van der Waals surface area contributed by atoms with Gasteiger partial charge in [-0.15, -0.1) is 0 Å². The van der Waals surface area contributed by atoms with Crippen molar-refractivity contribution in [3.63, 3.8) is 0 Å². The van der Waals surface area contributed by atoms with Crippen LogP contribution in [0.4, 0.5) is 4.39 Å². The predicted molar refractivity (Wildman–Crippen MR) is 97.1 cm³/mol. The van der Waals surface area contributed by atoms with Crippen molar-refractivity contribution in [3.05, 3.63) is 70.7 Å². The van der Waals surface area contributed by atoms with Crippen molar-refractivity contribution in [2.45, 2.75) is 13.3 Å². The second-order valence-electron chi connectivity index (χ2n) is 5.95. The normalized spacial score (nSPS) is 10.7. The van der Waals surface area contributed by atoms with Gasteiger partial charge in [-0.05, 0) is 48.7 Å². The lowest BCUT2D eigenvalue weighted by molar-refractivity contribution is 0.0523. The quantitative estimate of drug-likeness (QED) is 0.674. The van der Waals surface area contributed by atoms with Crippen molar-refractivity contribution in [2.75, 3.05) is 6.61 Å². The Morgan fingerprint density at radius 1 is 1.15 bits per heavy atom. The van der Waals surface area contributed by atoms with E-state index < -0.39 is 11.9 Å². The zero-order valence-electron chi connectivity index (χ0n) is 14.5. The molecule has 6 nitrogen and oxygen atoms in total. The topological polar surface area (TPSA) is 103 Å². The highest BCUT2D eigenvalue weighted by atomic mass is 19.1. The zero-order chi connectivity index (χ0) is 19.6. The number of primary amides is 1.